The summed E-state index contributed by atoms with van der Waals surface area (Å²) in [4.78, 5) is 16.5. The molecule has 0 radical (unpaired) electrons. The van der Waals surface area contributed by atoms with Gasteiger partial charge in [0.1, 0.15) is 17.3 Å². The van der Waals surface area contributed by atoms with Gasteiger partial charge in [0, 0.05) is 11.8 Å². The van der Waals surface area contributed by atoms with Crippen LogP contribution in [0.15, 0.2) is 48.7 Å². The summed E-state index contributed by atoms with van der Waals surface area (Å²) in [6, 6.07) is 13.8. The van der Waals surface area contributed by atoms with Gasteiger partial charge in [0.2, 0.25) is 5.95 Å². The molecule has 0 fully saturated rings. The average molecular weight is 373 g/mol. The van der Waals surface area contributed by atoms with Gasteiger partial charge in [-0.3, -0.25) is 0 Å². The van der Waals surface area contributed by atoms with E-state index in [9.17, 15) is 0 Å². The second-order valence-corrected chi connectivity index (χ2v) is 6.84. The summed E-state index contributed by atoms with van der Waals surface area (Å²) in [6.07, 6.45) is 2.51. The Morgan fingerprint density at radius 1 is 1.14 bits per heavy atom. The lowest BCUT2D eigenvalue weighted by Gasteiger charge is -2.24. The van der Waals surface area contributed by atoms with E-state index in [1.165, 1.54) is 0 Å². The molecule has 7 heteroatoms. The molecule has 140 valence electrons. The first-order valence-corrected chi connectivity index (χ1v) is 9.08. The maximum absolute atomic E-state index is 5.95. The molecule has 2 aromatic carbocycles. The molecule has 0 spiro atoms. The zero-order chi connectivity index (χ0) is 19.1. The molecular weight excluding hydrogens is 354 g/mol. The normalized spacial score (nSPS) is 15.8. The standard InChI is InChI=1S/C21H19N5O2/c1-27-15-3-5-19-13(9-15)8-14(11-28-19)20-24-17-4-2-12(10-18(17)25-20)16-6-7-23-21(22)26-16/h2-7,9-10,14H,8,11H2,1H3,(H,24,25)(H2,22,23,26)/t14-/m0/s1. The number of aromatic nitrogens is 4. The number of hydrogen-bond donors (Lipinski definition) is 2. The average Bonchev–Trinajstić information content (AvgIpc) is 3.16. The van der Waals surface area contributed by atoms with E-state index in [0.717, 1.165) is 51.6 Å². The molecule has 0 amide bonds. The summed E-state index contributed by atoms with van der Waals surface area (Å²) >= 11 is 0. The summed E-state index contributed by atoms with van der Waals surface area (Å²) in [6.45, 7) is 0.592. The maximum Gasteiger partial charge on any atom is 0.220 e. The first-order valence-electron chi connectivity index (χ1n) is 9.08. The summed E-state index contributed by atoms with van der Waals surface area (Å²) in [5.41, 5.74) is 10.5. The number of nitrogens with two attached hydrogens (primary N) is 1. The molecule has 3 N–H and O–H groups in total. The molecule has 0 aliphatic carbocycles. The second-order valence-electron chi connectivity index (χ2n) is 6.84. The van der Waals surface area contributed by atoms with Crippen molar-refractivity contribution in [3.63, 3.8) is 0 Å². The van der Waals surface area contributed by atoms with E-state index in [-0.39, 0.29) is 11.9 Å². The number of ether oxygens (including phenoxy) is 2. The highest BCUT2D eigenvalue weighted by molar-refractivity contribution is 5.81. The fraction of sp³-hybridized carbons (Fsp3) is 0.190. The SMILES string of the molecule is COc1ccc2c(c1)C[C@H](c1nc3ccc(-c4ccnc(N)n4)cc3[nH]1)CO2. The van der Waals surface area contributed by atoms with Crippen molar-refractivity contribution in [3.05, 3.63) is 60.0 Å². The van der Waals surface area contributed by atoms with E-state index in [4.69, 9.17) is 20.2 Å². The summed E-state index contributed by atoms with van der Waals surface area (Å²) in [7, 11) is 1.67. The highest BCUT2D eigenvalue weighted by Gasteiger charge is 2.24. The topological polar surface area (TPSA) is 98.9 Å². The molecule has 2 aromatic heterocycles. The van der Waals surface area contributed by atoms with Crippen molar-refractivity contribution < 1.29 is 9.47 Å². The van der Waals surface area contributed by atoms with Crippen LogP contribution in [0.3, 0.4) is 0 Å². The van der Waals surface area contributed by atoms with Gasteiger partial charge in [-0.1, -0.05) is 6.07 Å². The molecule has 1 aliphatic heterocycles. The second kappa shape index (κ2) is 6.53. The number of aromatic amines is 1. The lowest BCUT2D eigenvalue weighted by Crippen LogP contribution is -2.20. The lowest BCUT2D eigenvalue weighted by molar-refractivity contribution is 0.257. The third kappa shape index (κ3) is 2.90. The Labute approximate surface area is 161 Å². The Hall–Kier alpha value is -3.61. The van der Waals surface area contributed by atoms with Crippen LogP contribution in [-0.2, 0) is 6.42 Å². The van der Waals surface area contributed by atoms with Crippen LogP contribution in [0.25, 0.3) is 22.3 Å². The molecule has 4 aromatic rings. The molecule has 3 heterocycles. The number of rotatable bonds is 3. The Balaban J connectivity index is 1.47. The molecule has 28 heavy (non-hydrogen) atoms. The van der Waals surface area contributed by atoms with Crippen molar-refractivity contribution in [2.45, 2.75) is 12.3 Å². The summed E-state index contributed by atoms with van der Waals surface area (Å²) < 4.78 is 11.3. The van der Waals surface area contributed by atoms with Gasteiger partial charge in [0.25, 0.3) is 0 Å². The fourth-order valence-corrected chi connectivity index (χ4v) is 3.59. The number of imidazole rings is 1. The van der Waals surface area contributed by atoms with Crippen LogP contribution in [0.1, 0.15) is 17.3 Å². The Morgan fingerprint density at radius 3 is 2.93 bits per heavy atom. The molecule has 1 atom stereocenters. The van der Waals surface area contributed by atoms with E-state index in [0.29, 0.717) is 6.61 Å². The molecule has 0 bridgehead atoms. The van der Waals surface area contributed by atoms with Gasteiger partial charge < -0.3 is 20.2 Å². The van der Waals surface area contributed by atoms with Crippen molar-refractivity contribution in [2.24, 2.45) is 0 Å². The smallest absolute Gasteiger partial charge is 0.220 e. The minimum absolute atomic E-state index is 0.158. The zero-order valence-electron chi connectivity index (χ0n) is 15.3. The van der Waals surface area contributed by atoms with Crippen LogP contribution in [-0.4, -0.2) is 33.7 Å². The van der Waals surface area contributed by atoms with Crippen LogP contribution in [0.4, 0.5) is 5.95 Å². The quantitative estimate of drug-likeness (QED) is 0.571. The minimum Gasteiger partial charge on any atom is -0.497 e. The van der Waals surface area contributed by atoms with E-state index in [1.54, 1.807) is 13.3 Å². The minimum atomic E-state index is 0.158. The molecule has 0 saturated carbocycles. The van der Waals surface area contributed by atoms with Gasteiger partial charge in [-0.15, -0.1) is 0 Å². The van der Waals surface area contributed by atoms with E-state index in [2.05, 4.69) is 15.0 Å². The largest absolute Gasteiger partial charge is 0.497 e. The van der Waals surface area contributed by atoms with Crippen LogP contribution in [0.2, 0.25) is 0 Å². The predicted molar refractivity (Wildman–Crippen MR) is 106 cm³/mol. The molecular formula is C21H19N5O2. The number of nitrogens with one attached hydrogen (secondary N) is 1. The number of nitrogen functional groups attached to an aromatic ring is 1. The zero-order valence-corrected chi connectivity index (χ0v) is 15.3. The summed E-state index contributed by atoms with van der Waals surface area (Å²) in [5, 5.41) is 0. The number of benzene rings is 2. The number of methoxy groups -OCH3 is 1. The highest BCUT2D eigenvalue weighted by Crippen LogP contribution is 2.34. The first kappa shape index (κ1) is 16.6. The van der Waals surface area contributed by atoms with Crippen LogP contribution < -0.4 is 15.2 Å². The van der Waals surface area contributed by atoms with Gasteiger partial charge in [0.05, 0.1) is 36.4 Å². The van der Waals surface area contributed by atoms with Crippen molar-refractivity contribution in [2.75, 3.05) is 19.5 Å². The molecule has 7 nitrogen and oxygen atoms in total. The number of anilines is 1. The van der Waals surface area contributed by atoms with Gasteiger partial charge in [0.15, 0.2) is 0 Å². The Bertz CT molecular complexity index is 1170. The van der Waals surface area contributed by atoms with Crippen LogP contribution in [0, 0.1) is 0 Å². The van der Waals surface area contributed by atoms with Gasteiger partial charge >= 0.3 is 0 Å². The maximum atomic E-state index is 5.95. The Kier molecular flexibility index (Phi) is 3.86. The van der Waals surface area contributed by atoms with Crippen molar-refractivity contribution in [3.8, 4) is 22.8 Å². The highest BCUT2D eigenvalue weighted by atomic mass is 16.5. The predicted octanol–water partition coefficient (Wildman–Crippen LogP) is 3.33. The third-order valence-corrected chi connectivity index (χ3v) is 5.03. The van der Waals surface area contributed by atoms with E-state index < -0.39 is 0 Å². The van der Waals surface area contributed by atoms with Crippen LogP contribution in [0.5, 0.6) is 11.5 Å². The number of nitrogens with zero attached hydrogens (tertiary/aromatic N) is 3. The summed E-state index contributed by atoms with van der Waals surface area (Å²) in [5.74, 6) is 3.09. The number of fused-ring (bicyclic) bond motifs is 2. The number of H-pyrrole nitrogens is 1. The third-order valence-electron chi connectivity index (χ3n) is 5.03. The van der Waals surface area contributed by atoms with Crippen molar-refractivity contribution in [1.29, 1.82) is 0 Å². The first-order chi connectivity index (χ1) is 13.7. The van der Waals surface area contributed by atoms with E-state index >= 15 is 0 Å². The van der Waals surface area contributed by atoms with E-state index in [1.807, 2.05) is 42.5 Å². The number of hydrogen-bond acceptors (Lipinski definition) is 6. The molecule has 5 rings (SSSR count). The Morgan fingerprint density at radius 2 is 2.07 bits per heavy atom. The van der Waals surface area contributed by atoms with Crippen LogP contribution >= 0.6 is 0 Å². The van der Waals surface area contributed by atoms with Gasteiger partial charge in [-0.2, -0.15) is 0 Å². The lowest BCUT2D eigenvalue weighted by atomic mass is 9.96. The van der Waals surface area contributed by atoms with Gasteiger partial charge in [-0.05, 0) is 48.4 Å². The van der Waals surface area contributed by atoms with Crippen molar-refractivity contribution >= 4 is 17.0 Å². The molecule has 0 unspecified atom stereocenters. The van der Waals surface area contributed by atoms with Gasteiger partial charge in [-0.25, -0.2) is 15.0 Å². The monoisotopic (exact) mass is 373 g/mol. The molecule has 0 saturated heterocycles. The molecule has 1 aliphatic rings. The van der Waals surface area contributed by atoms with Crippen molar-refractivity contribution in [1.82, 2.24) is 19.9 Å². The fourth-order valence-electron chi connectivity index (χ4n) is 3.59.